The number of pyridine rings is 1. The molecule has 2 aliphatic rings. The minimum Gasteiger partial charge on any atom is -0.290 e. The molecular formula is C14H16BrN3O2. The first-order chi connectivity index (χ1) is 9.60. The van der Waals surface area contributed by atoms with Gasteiger partial charge in [-0.05, 0) is 35.0 Å². The third-order valence-electron chi connectivity index (χ3n) is 4.06. The quantitative estimate of drug-likeness (QED) is 0.782. The zero-order valence-corrected chi connectivity index (χ0v) is 12.8. The van der Waals surface area contributed by atoms with Crippen LogP contribution in [0, 0.1) is 0 Å². The molecule has 0 radical (unpaired) electrons. The summed E-state index contributed by atoms with van der Waals surface area (Å²) in [6.07, 6.45) is 2.12. The molecule has 0 bridgehead atoms. The van der Waals surface area contributed by atoms with Crippen molar-refractivity contribution in [2.24, 2.45) is 0 Å². The lowest BCUT2D eigenvalue weighted by Crippen LogP contribution is -2.53. The number of hydrogen-bond acceptors (Lipinski definition) is 4. The maximum Gasteiger partial charge on any atom is 0.247 e. The van der Waals surface area contributed by atoms with Crippen LogP contribution in [0.2, 0.25) is 0 Å². The average molecular weight is 338 g/mol. The van der Waals surface area contributed by atoms with Crippen molar-refractivity contribution in [2.45, 2.75) is 25.3 Å². The van der Waals surface area contributed by atoms with Crippen LogP contribution in [-0.4, -0.2) is 52.3 Å². The summed E-state index contributed by atoms with van der Waals surface area (Å²) < 4.78 is 0.965. The summed E-state index contributed by atoms with van der Waals surface area (Å²) in [5.41, 5.74) is 1.05. The van der Waals surface area contributed by atoms with Crippen LogP contribution in [-0.2, 0) is 9.59 Å². The van der Waals surface area contributed by atoms with Gasteiger partial charge in [0.15, 0.2) is 0 Å². The maximum atomic E-state index is 12.1. The molecule has 2 aliphatic heterocycles. The smallest absolute Gasteiger partial charge is 0.247 e. The molecule has 2 saturated heterocycles. The highest BCUT2D eigenvalue weighted by Crippen LogP contribution is 2.31. The molecule has 3 heterocycles. The number of halogens is 1. The van der Waals surface area contributed by atoms with Gasteiger partial charge in [-0.2, -0.15) is 0 Å². The normalized spacial score (nSPS) is 24.3. The number of likely N-dealkylation sites (tertiary alicyclic amines) is 2. The highest BCUT2D eigenvalue weighted by atomic mass is 79.9. The van der Waals surface area contributed by atoms with Gasteiger partial charge < -0.3 is 0 Å². The van der Waals surface area contributed by atoms with Crippen molar-refractivity contribution in [1.82, 2.24) is 14.8 Å². The molecule has 0 N–H and O–H groups in total. The van der Waals surface area contributed by atoms with Crippen molar-refractivity contribution in [3.8, 4) is 0 Å². The van der Waals surface area contributed by atoms with E-state index in [4.69, 9.17) is 0 Å². The van der Waals surface area contributed by atoms with E-state index in [9.17, 15) is 9.59 Å². The summed E-state index contributed by atoms with van der Waals surface area (Å²) >= 11 is 3.37. The van der Waals surface area contributed by atoms with Crippen molar-refractivity contribution in [3.05, 3.63) is 28.5 Å². The molecule has 1 aromatic heterocycles. The van der Waals surface area contributed by atoms with Crippen molar-refractivity contribution >= 4 is 27.7 Å². The van der Waals surface area contributed by atoms with E-state index in [1.165, 1.54) is 4.90 Å². The fourth-order valence-electron chi connectivity index (χ4n) is 2.87. The second-order valence-electron chi connectivity index (χ2n) is 5.25. The first-order valence-corrected chi connectivity index (χ1v) is 7.59. The van der Waals surface area contributed by atoms with Gasteiger partial charge in [-0.1, -0.05) is 0 Å². The van der Waals surface area contributed by atoms with Gasteiger partial charge in [0.1, 0.15) is 0 Å². The van der Waals surface area contributed by atoms with Gasteiger partial charge in [0, 0.05) is 41.9 Å². The predicted octanol–water partition coefficient (Wildman–Crippen LogP) is 1.39. The summed E-state index contributed by atoms with van der Waals surface area (Å²) in [6.45, 7) is 3.91. The number of carbonyl (C=O) groups is 2. The lowest BCUT2D eigenvalue weighted by molar-refractivity contribution is -0.140. The molecule has 6 heteroatoms. The molecule has 1 aromatic rings. The Bertz CT molecular complexity index is 540. The predicted molar refractivity (Wildman–Crippen MR) is 77.1 cm³/mol. The molecule has 20 heavy (non-hydrogen) atoms. The Labute approximate surface area is 126 Å². The molecule has 0 spiro atoms. The number of likely N-dealkylation sites (N-methyl/N-ethyl adjacent to an activating group) is 1. The van der Waals surface area contributed by atoms with E-state index >= 15 is 0 Å². The number of rotatable bonds is 3. The lowest BCUT2D eigenvalue weighted by atomic mass is 9.93. The zero-order chi connectivity index (χ0) is 14.3. The number of hydrogen-bond donors (Lipinski definition) is 0. The Balaban J connectivity index is 1.62. The standard InChI is InChI=1S/C14H16BrN3O2/c1-2-18-13(19)5-12(14(18)20)17-7-9(8-17)11-4-3-10(15)6-16-11/h3-4,6,9,12H,2,5,7-8H2,1H3. The second kappa shape index (κ2) is 5.26. The largest absolute Gasteiger partial charge is 0.290 e. The molecule has 2 fully saturated rings. The van der Waals surface area contributed by atoms with E-state index in [0.717, 1.165) is 23.3 Å². The van der Waals surface area contributed by atoms with Gasteiger partial charge in [-0.3, -0.25) is 24.4 Å². The number of amides is 2. The van der Waals surface area contributed by atoms with Gasteiger partial charge in [0.2, 0.25) is 11.8 Å². The highest BCUT2D eigenvalue weighted by molar-refractivity contribution is 9.10. The van der Waals surface area contributed by atoms with E-state index in [0.29, 0.717) is 18.9 Å². The van der Waals surface area contributed by atoms with Crippen molar-refractivity contribution in [1.29, 1.82) is 0 Å². The Kier molecular flexibility index (Phi) is 3.60. The summed E-state index contributed by atoms with van der Waals surface area (Å²) in [4.78, 5) is 31.7. The molecule has 106 valence electrons. The van der Waals surface area contributed by atoms with E-state index in [2.05, 4.69) is 25.8 Å². The van der Waals surface area contributed by atoms with Gasteiger partial charge in [0.05, 0.1) is 12.5 Å². The van der Waals surface area contributed by atoms with Gasteiger partial charge >= 0.3 is 0 Å². The molecule has 5 nitrogen and oxygen atoms in total. The van der Waals surface area contributed by atoms with Gasteiger partial charge in [-0.15, -0.1) is 0 Å². The molecule has 1 unspecified atom stereocenters. The molecule has 1 atom stereocenters. The SMILES string of the molecule is CCN1C(=O)CC(N2CC(c3ccc(Br)cn3)C2)C1=O. The second-order valence-corrected chi connectivity index (χ2v) is 6.16. The van der Waals surface area contributed by atoms with Crippen molar-refractivity contribution < 1.29 is 9.59 Å². The average Bonchev–Trinajstić information content (AvgIpc) is 2.65. The summed E-state index contributed by atoms with van der Waals surface area (Å²) in [5, 5.41) is 0. The fourth-order valence-corrected chi connectivity index (χ4v) is 3.10. The summed E-state index contributed by atoms with van der Waals surface area (Å²) in [7, 11) is 0. The van der Waals surface area contributed by atoms with Crippen LogP contribution in [0.3, 0.4) is 0 Å². The van der Waals surface area contributed by atoms with Crippen LogP contribution in [0.1, 0.15) is 25.0 Å². The van der Waals surface area contributed by atoms with Gasteiger partial charge in [0.25, 0.3) is 0 Å². The third-order valence-corrected chi connectivity index (χ3v) is 4.52. The van der Waals surface area contributed by atoms with Crippen molar-refractivity contribution in [2.75, 3.05) is 19.6 Å². The lowest BCUT2D eigenvalue weighted by Gasteiger charge is -2.41. The van der Waals surface area contributed by atoms with Crippen LogP contribution >= 0.6 is 15.9 Å². The van der Waals surface area contributed by atoms with E-state index in [-0.39, 0.29) is 17.9 Å². The first-order valence-electron chi connectivity index (χ1n) is 6.80. The molecule has 0 aromatic carbocycles. The highest BCUT2D eigenvalue weighted by Gasteiger charge is 2.45. The van der Waals surface area contributed by atoms with E-state index < -0.39 is 0 Å². The molecule has 0 saturated carbocycles. The maximum absolute atomic E-state index is 12.1. The number of imide groups is 1. The van der Waals surface area contributed by atoms with Crippen molar-refractivity contribution in [3.63, 3.8) is 0 Å². The molecular weight excluding hydrogens is 322 g/mol. The van der Waals surface area contributed by atoms with Crippen LogP contribution in [0.15, 0.2) is 22.8 Å². The summed E-state index contributed by atoms with van der Waals surface area (Å²) in [5.74, 6) is 0.272. The number of carbonyl (C=O) groups excluding carboxylic acids is 2. The van der Waals surface area contributed by atoms with E-state index in [1.54, 1.807) is 6.20 Å². The van der Waals surface area contributed by atoms with Crippen LogP contribution in [0.5, 0.6) is 0 Å². The van der Waals surface area contributed by atoms with E-state index in [1.807, 2.05) is 19.1 Å². The summed E-state index contributed by atoms with van der Waals surface area (Å²) in [6, 6.07) is 3.73. The van der Waals surface area contributed by atoms with Crippen LogP contribution < -0.4 is 0 Å². The minimum atomic E-state index is -0.255. The Hall–Kier alpha value is -1.27. The van der Waals surface area contributed by atoms with Crippen LogP contribution in [0.25, 0.3) is 0 Å². The Morgan fingerprint density at radius 2 is 2.10 bits per heavy atom. The molecule has 0 aliphatic carbocycles. The topological polar surface area (TPSA) is 53.5 Å². The Morgan fingerprint density at radius 1 is 1.35 bits per heavy atom. The Morgan fingerprint density at radius 3 is 2.65 bits per heavy atom. The number of aromatic nitrogens is 1. The third kappa shape index (κ3) is 2.27. The molecule has 3 rings (SSSR count). The van der Waals surface area contributed by atoms with Gasteiger partial charge in [-0.25, -0.2) is 0 Å². The van der Waals surface area contributed by atoms with Crippen LogP contribution in [0.4, 0.5) is 0 Å². The number of nitrogens with zero attached hydrogens (tertiary/aromatic N) is 3. The molecule has 2 amide bonds. The first kappa shape index (κ1) is 13.7. The monoisotopic (exact) mass is 337 g/mol. The fraction of sp³-hybridized carbons (Fsp3) is 0.500. The minimum absolute atomic E-state index is 0.0419. The zero-order valence-electron chi connectivity index (χ0n) is 11.3.